The van der Waals surface area contributed by atoms with Crippen molar-refractivity contribution < 1.29 is 9.42 Å². The molecule has 0 aliphatic rings. The third-order valence-electron chi connectivity index (χ3n) is 1.91. The second kappa shape index (κ2) is 4.88. The van der Waals surface area contributed by atoms with Gasteiger partial charge in [-0.3, -0.25) is 4.79 Å². The van der Waals surface area contributed by atoms with Crippen molar-refractivity contribution in [1.82, 2.24) is 10.3 Å². The van der Waals surface area contributed by atoms with Crippen molar-refractivity contribution in [3.05, 3.63) is 32.5 Å². The average molecular weight is 365 g/mol. The quantitative estimate of drug-likeness (QED) is 0.797. The Morgan fingerprint density at radius 2 is 2.24 bits per heavy atom. The van der Waals surface area contributed by atoms with E-state index in [1.807, 2.05) is 6.07 Å². The summed E-state index contributed by atoms with van der Waals surface area (Å²) in [6.07, 6.45) is 0. The van der Waals surface area contributed by atoms with E-state index < -0.39 is 5.91 Å². The van der Waals surface area contributed by atoms with Crippen molar-refractivity contribution in [3.63, 3.8) is 0 Å². The highest BCUT2D eigenvalue weighted by Crippen LogP contribution is 2.24. The first-order valence-corrected chi connectivity index (χ1v) is 5.88. The van der Waals surface area contributed by atoms with Gasteiger partial charge in [-0.15, -0.1) is 0 Å². The third-order valence-corrected chi connectivity index (χ3v) is 2.89. The SMILES string of the molecule is Nc1nonc1C(=O)Nc1ccc(I)cc1Cl. The highest BCUT2D eigenvalue weighted by molar-refractivity contribution is 14.1. The van der Waals surface area contributed by atoms with Crippen molar-refractivity contribution in [2.75, 3.05) is 11.1 Å². The molecular formula is C9H6ClIN4O2. The fourth-order valence-electron chi connectivity index (χ4n) is 1.13. The lowest BCUT2D eigenvalue weighted by Gasteiger charge is -2.05. The molecule has 0 fully saturated rings. The Bertz CT molecular complexity index is 572. The Kier molecular flexibility index (Phi) is 3.48. The molecule has 0 unspecified atom stereocenters. The van der Waals surface area contributed by atoms with Crippen molar-refractivity contribution in [2.24, 2.45) is 0 Å². The summed E-state index contributed by atoms with van der Waals surface area (Å²) in [6.45, 7) is 0. The molecule has 0 atom stereocenters. The summed E-state index contributed by atoms with van der Waals surface area (Å²) in [4.78, 5) is 11.7. The predicted octanol–water partition coefficient (Wildman–Crippen LogP) is 2.16. The largest absolute Gasteiger partial charge is 0.379 e. The molecule has 3 N–H and O–H groups in total. The van der Waals surface area contributed by atoms with Crippen molar-refractivity contribution >= 4 is 51.6 Å². The molecule has 2 rings (SSSR count). The number of benzene rings is 1. The van der Waals surface area contributed by atoms with Gasteiger partial charge in [-0.2, -0.15) is 0 Å². The van der Waals surface area contributed by atoms with E-state index in [4.69, 9.17) is 17.3 Å². The number of carbonyl (C=O) groups is 1. The lowest BCUT2D eigenvalue weighted by Crippen LogP contribution is -2.14. The number of hydrogen-bond donors (Lipinski definition) is 2. The van der Waals surface area contributed by atoms with E-state index in [9.17, 15) is 4.79 Å². The number of nitrogen functional groups attached to an aromatic ring is 1. The fraction of sp³-hybridized carbons (Fsp3) is 0. The zero-order valence-corrected chi connectivity index (χ0v) is 11.2. The Morgan fingerprint density at radius 1 is 1.47 bits per heavy atom. The van der Waals surface area contributed by atoms with Crippen LogP contribution in [-0.4, -0.2) is 16.2 Å². The molecule has 0 spiro atoms. The molecule has 1 heterocycles. The highest BCUT2D eigenvalue weighted by atomic mass is 127. The second-order valence-corrected chi connectivity index (χ2v) is 4.73. The van der Waals surface area contributed by atoms with Crippen LogP contribution >= 0.6 is 34.2 Å². The molecule has 0 aliphatic heterocycles. The van der Waals surface area contributed by atoms with Crippen molar-refractivity contribution in [1.29, 1.82) is 0 Å². The van der Waals surface area contributed by atoms with E-state index in [-0.39, 0.29) is 11.5 Å². The Hall–Kier alpha value is -1.35. The van der Waals surface area contributed by atoms with Crippen LogP contribution in [0.15, 0.2) is 22.8 Å². The number of nitrogens with two attached hydrogens (primary N) is 1. The maximum atomic E-state index is 11.7. The van der Waals surface area contributed by atoms with E-state index in [0.29, 0.717) is 10.7 Å². The van der Waals surface area contributed by atoms with Gasteiger partial charge in [0.1, 0.15) is 0 Å². The first-order valence-electron chi connectivity index (χ1n) is 4.42. The molecule has 0 radical (unpaired) electrons. The summed E-state index contributed by atoms with van der Waals surface area (Å²) in [7, 11) is 0. The Morgan fingerprint density at radius 3 is 2.82 bits per heavy atom. The van der Waals surface area contributed by atoms with Crippen LogP contribution in [0.3, 0.4) is 0 Å². The zero-order chi connectivity index (χ0) is 12.4. The standard InChI is InChI=1S/C9H6ClIN4O2/c10-5-3-4(11)1-2-6(5)13-9(16)7-8(12)15-17-14-7/h1-3H,(H2,12,15)(H,13,16). The monoisotopic (exact) mass is 364 g/mol. The molecule has 1 aromatic carbocycles. The molecule has 88 valence electrons. The van der Waals surface area contributed by atoms with Crippen LogP contribution in [0.25, 0.3) is 0 Å². The van der Waals surface area contributed by atoms with Gasteiger partial charge < -0.3 is 11.1 Å². The number of amides is 1. The van der Waals surface area contributed by atoms with E-state index in [1.165, 1.54) is 0 Å². The minimum atomic E-state index is -0.521. The Balaban J connectivity index is 2.22. The van der Waals surface area contributed by atoms with Gasteiger partial charge in [0.25, 0.3) is 5.91 Å². The summed E-state index contributed by atoms with van der Waals surface area (Å²) in [5, 5.41) is 9.70. The van der Waals surface area contributed by atoms with Gasteiger partial charge in [-0.05, 0) is 51.1 Å². The van der Waals surface area contributed by atoms with Gasteiger partial charge >= 0.3 is 0 Å². The lowest BCUT2D eigenvalue weighted by molar-refractivity contribution is 0.101. The maximum Gasteiger partial charge on any atom is 0.281 e. The summed E-state index contributed by atoms with van der Waals surface area (Å²) in [5.41, 5.74) is 5.80. The molecule has 0 aliphatic carbocycles. The number of rotatable bonds is 2. The number of nitrogens with zero attached hydrogens (tertiary/aromatic N) is 2. The van der Waals surface area contributed by atoms with Gasteiger partial charge in [0.05, 0.1) is 10.7 Å². The van der Waals surface area contributed by atoms with Gasteiger partial charge in [0.2, 0.25) is 11.5 Å². The second-order valence-electron chi connectivity index (χ2n) is 3.08. The smallest absolute Gasteiger partial charge is 0.281 e. The maximum absolute atomic E-state index is 11.7. The molecule has 1 aromatic heterocycles. The number of hydrogen-bond acceptors (Lipinski definition) is 5. The minimum Gasteiger partial charge on any atom is -0.379 e. The molecular weight excluding hydrogens is 358 g/mol. The molecule has 0 saturated carbocycles. The third kappa shape index (κ3) is 2.67. The van der Waals surface area contributed by atoms with Crippen molar-refractivity contribution in [3.8, 4) is 0 Å². The van der Waals surface area contributed by atoms with E-state index in [1.54, 1.807) is 12.1 Å². The average Bonchev–Trinajstić information content (AvgIpc) is 2.68. The van der Waals surface area contributed by atoms with Crippen LogP contribution in [-0.2, 0) is 0 Å². The summed E-state index contributed by atoms with van der Waals surface area (Å²) < 4.78 is 5.30. The minimum absolute atomic E-state index is 0.0656. The Labute approximate surface area is 115 Å². The molecule has 8 heteroatoms. The van der Waals surface area contributed by atoms with Crippen LogP contribution in [0, 0.1) is 3.57 Å². The predicted molar refractivity (Wildman–Crippen MR) is 70.8 cm³/mol. The first-order chi connectivity index (χ1) is 8.08. The summed E-state index contributed by atoms with van der Waals surface area (Å²) in [5.74, 6) is -0.587. The van der Waals surface area contributed by atoms with Crippen LogP contribution in [0.2, 0.25) is 5.02 Å². The zero-order valence-electron chi connectivity index (χ0n) is 8.28. The fourth-order valence-corrected chi connectivity index (χ4v) is 2.03. The summed E-state index contributed by atoms with van der Waals surface area (Å²) in [6, 6.07) is 5.22. The molecule has 0 bridgehead atoms. The number of anilines is 2. The van der Waals surface area contributed by atoms with Crippen LogP contribution in [0.1, 0.15) is 10.5 Å². The van der Waals surface area contributed by atoms with Crippen molar-refractivity contribution in [2.45, 2.75) is 0 Å². The normalized spacial score (nSPS) is 10.2. The van der Waals surface area contributed by atoms with E-state index in [2.05, 4.69) is 42.9 Å². The number of carbonyl (C=O) groups excluding carboxylic acids is 1. The van der Waals surface area contributed by atoms with Crippen LogP contribution in [0.4, 0.5) is 11.5 Å². The molecule has 6 nitrogen and oxygen atoms in total. The van der Waals surface area contributed by atoms with Crippen LogP contribution in [0.5, 0.6) is 0 Å². The highest BCUT2D eigenvalue weighted by Gasteiger charge is 2.16. The molecule has 0 saturated heterocycles. The van der Waals surface area contributed by atoms with Gasteiger partial charge in [-0.1, -0.05) is 11.6 Å². The molecule has 17 heavy (non-hydrogen) atoms. The number of halogens is 2. The van der Waals surface area contributed by atoms with Crippen LogP contribution < -0.4 is 11.1 Å². The van der Waals surface area contributed by atoms with Gasteiger partial charge in [0.15, 0.2) is 0 Å². The van der Waals surface area contributed by atoms with E-state index in [0.717, 1.165) is 3.57 Å². The summed E-state index contributed by atoms with van der Waals surface area (Å²) >= 11 is 8.08. The van der Waals surface area contributed by atoms with Gasteiger partial charge in [0, 0.05) is 3.57 Å². The first kappa shape index (κ1) is 12.1. The van der Waals surface area contributed by atoms with Gasteiger partial charge in [-0.25, -0.2) is 4.63 Å². The topological polar surface area (TPSA) is 94.0 Å². The number of nitrogens with one attached hydrogen (secondary N) is 1. The lowest BCUT2D eigenvalue weighted by atomic mass is 10.3. The number of aromatic nitrogens is 2. The molecule has 1 amide bonds. The molecule has 2 aromatic rings. The van der Waals surface area contributed by atoms with E-state index >= 15 is 0 Å².